The molecule has 2 aromatic rings. The second-order valence-electron chi connectivity index (χ2n) is 6.67. The Kier molecular flexibility index (Phi) is 6.39. The van der Waals surface area contributed by atoms with Crippen molar-refractivity contribution in [3.63, 3.8) is 0 Å². The molecule has 5 nitrogen and oxygen atoms in total. The molecule has 0 bridgehead atoms. The van der Waals surface area contributed by atoms with Crippen LogP contribution >= 0.6 is 0 Å². The van der Waals surface area contributed by atoms with Gasteiger partial charge in [-0.05, 0) is 36.4 Å². The second-order valence-corrected chi connectivity index (χ2v) is 6.67. The van der Waals surface area contributed by atoms with Crippen molar-refractivity contribution in [2.75, 3.05) is 46.9 Å². The number of piperazine rings is 1. The largest absolute Gasteiger partial charge is 0.497 e. The van der Waals surface area contributed by atoms with E-state index < -0.39 is 0 Å². The summed E-state index contributed by atoms with van der Waals surface area (Å²) < 4.78 is 5.30. The summed E-state index contributed by atoms with van der Waals surface area (Å²) in [6, 6.07) is 12.8. The molecule has 0 radical (unpaired) electrons. The van der Waals surface area contributed by atoms with E-state index in [0.717, 1.165) is 45.0 Å². The summed E-state index contributed by atoms with van der Waals surface area (Å²) in [6.07, 6.45) is 3.74. The summed E-state index contributed by atoms with van der Waals surface area (Å²) in [4.78, 5) is 9.15. The van der Waals surface area contributed by atoms with Crippen LogP contribution in [0.25, 0.3) is 0 Å². The lowest BCUT2D eigenvalue weighted by Gasteiger charge is -2.35. The average molecular weight is 340 g/mol. The quantitative estimate of drug-likeness (QED) is 0.836. The molecular weight excluding hydrogens is 312 g/mol. The van der Waals surface area contributed by atoms with Gasteiger partial charge in [0.25, 0.3) is 0 Å². The zero-order valence-corrected chi connectivity index (χ0v) is 15.2. The first kappa shape index (κ1) is 17.9. The Labute approximate surface area is 150 Å². The average Bonchev–Trinajstić information content (AvgIpc) is 2.67. The first-order valence-corrected chi connectivity index (χ1v) is 8.92. The molecule has 2 heterocycles. The van der Waals surface area contributed by atoms with Crippen LogP contribution in [0.1, 0.15) is 17.2 Å². The highest BCUT2D eigenvalue weighted by Gasteiger charge is 2.19. The molecule has 0 aliphatic carbocycles. The van der Waals surface area contributed by atoms with Crippen LogP contribution in [0.4, 0.5) is 0 Å². The van der Waals surface area contributed by atoms with Gasteiger partial charge in [0.1, 0.15) is 5.75 Å². The Morgan fingerprint density at radius 2 is 1.88 bits per heavy atom. The topological polar surface area (TPSA) is 40.6 Å². The Balaban J connectivity index is 1.68. The number of hydrogen-bond donors (Lipinski definition) is 1. The Morgan fingerprint density at radius 1 is 1.12 bits per heavy atom. The summed E-state index contributed by atoms with van der Waals surface area (Å²) in [5.41, 5.74) is 2.50. The molecule has 0 spiro atoms. The number of hydrogen-bond acceptors (Lipinski definition) is 5. The standard InChI is InChI=1S/C20H28N4O/c1-23-10-12-24(13-11-23)16-20(18-5-7-19(25-2)8-6-18)22-15-17-4-3-9-21-14-17/h3-9,14,20,22H,10-13,15-16H2,1-2H3/t20-/m1/s1. The zero-order chi connectivity index (χ0) is 17.5. The minimum Gasteiger partial charge on any atom is -0.497 e. The lowest BCUT2D eigenvalue weighted by molar-refractivity contribution is 0.142. The van der Waals surface area contributed by atoms with Gasteiger partial charge in [0.05, 0.1) is 7.11 Å². The molecule has 134 valence electrons. The maximum atomic E-state index is 5.30. The lowest BCUT2D eigenvalue weighted by atomic mass is 10.0. The normalized spacial score (nSPS) is 17.4. The molecule has 1 atom stereocenters. The van der Waals surface area contributed by atoms with Crippen molar-refractivity contribution in [3.05, 3.63) is 59.9 Å². The summed E-state index contributed by atoms with van der Waals surface area (Å²) in [6.45, 7) is 6.35. The minimum atomic E-state index is 0.287. The Morgan fingerprint density at radius 3 is 2.52 bits per heavy atom. The number of likely N-dealkylation sites (N-methyl/N-ethyl adjacent to an activating group) is 1. The molecule has 5 heteroatoms. The van der Waals surface area contributed by atoms with Crippen LogP contribution in [0.3, 0.4) is 0 Å². The first-order valence-electron chi connectivity index (χ1n) is 8.92. The highest BCUT2D eigenvalue weighted by atomic mass is 16.5. The van der Waals surface area contributed by atoms with Gasteiger partial charge in [0, 0.05) is 57.7 Å². The van der Waals surface area contributed by atoms with Crippen molar-refractivity contribution in [2.24, 2.45) is 0 Å². The molecule has 0 amide bonds. The minimum absolute atomic E-state index is 0.287. The maximum Gasteiger partial charge on any atom is 0.118 e. The fourth-order valence-corrected chi connectivity index (χ4v) is 3.16. The van der Waals surface area contributed by atoms with Crippen LogP contribution < -0.4 is 10.1 Å². The summed E-state index contributed by atoms with van der Waals surface area (Å²) in [5, 5.41) is 3.71. The molecule has 0 unspecified atom stereocenters. The molecular formula is C20H28N4O. The highest BCUT2D eigenvalue weighted by molar-refractivity contribution is 5.29. The zero-order valence-electron chi connectivity index (χ0n) is 15.2. The van der Waals surface area contributed by atoms with E-state index in [1.807, 2.05) is 30.6 Å². The number of rotatable bonds is 7. The molecule has 1 saturated heterocycles. The van der Waals surface area contributed by atoms with Crippen molar-refractivity contribution < 1.29 is 4.74 Å². The van der Waals surface area contributed by atoms with Gasteiger partial charge in [-0.15, -0.1) is 0 Å². The van der Waals surface area contributed by atoms with E-state index in [9.17, 15) is 0 Å². The first-order chi connectivity index (χ1) is 12.2. The number of ether oxygens (including phenoxy) is 1. The van der Waals surface area contributed by atoms with Gasteiger partial charge >= 0.3 is 0 Å². The SMILES string of the molecule is COc1ccc([C@@H](CN2CCN(C)CC2)NCc2cccnc2)cc1. The number of nitrogens with zero attached hydrogens (tertiary/aromatic N) is 3. The molecule has 1 aliphatic rings. The molecule has 1 N–H and O–H groups in total. The van der Waals surface area contributed by atoms with E-state index in [0.29, 0.717) is 0 Å². The van der Waals surface area contributed by atoms with E-state index >= 15 is 0 Å². The van der Waals surface area contributed by atoms with Crippen LogP contribution in [0.15, 0.2) is 48.8 Å². The molecule has 0 saturated carbocycles. The Hall–Kier alpha value is -1.95. The fraction of sp³-hybridized carbons (Fsp3) is 0.450. The van der Waals surface area contributed by atoms with Crippen LogP contribution in [0, 0.1) is 0 Å². The van der Waals surface area contributed by atoms with Crippen LogP contribution in [-0.4, -0.2) is 61.7 Å². The van der Waals surface area contributed by atoms with Crippen LogP contribution in [0.5, 0.6) is 5.75 Å². The van der Waals surface area contributed by atoms with E-state index in [1.165, 1.54) is 11.1 Å². The molecule has 25 heavy (non-hydrogen) atoms. The number of methoxy groups -OCH3 is 1. The molecule has 1 aliphatic heterocycles. The van der Waals surface area contributed by atoms with Gasteiger partial charge in [0.15, 0.2) is 0 Å². The van der Waals surface area contributed by atoms with Crippen molar-refractivity contribution in [1.82, 2.24) is 20.1 Å². The molecule has 1 aromatic carbocycles. The number of nitrogens with one attached hydrogen (secondary N) is 1. The van der Waals surface area contributed by atoms with Gasteiger partial charge in [-0.1, -0.05) is 18.2 Å². The number of benzene rings is 1. The van der Waals surface area contributed by atoms with Gasteiger partial charge in [-0.2, -0.15) is 0 Å². The number of pyridine rings is 1. The van der Waals surface area contributed by atoms with Crippen molar-refractivity contribution >= 4 is 0 Å². The molecule has 1 aromatic heterocycles. The van der Waals surface area contributed by atoms with E-state index in [-0.39, 0.29) is 6.04 Å². The number of aromatic nitrogens is 1. The third kappa shape index (κ3) is 5.26. The smallest absolute Gasteiger partial charge is 0.118 e. The van der Waals surface area contributed by atoms with Gasteiger partial charge in [-0.25, -0.2) is 0 Å². The second kappa shape index (κ2) is 8.94. The van der Waals surface area contributed by atoms with Crippen LogP contribution in [0.2, 0.25) is 0 Å². The maximum absolute atomic E-state index is 5.30. The Bertz CT molecular complexity index is 624. The van der Waals surface area contributed by atoms with Crippen molar-refractivity contribution in [3.8, 4) is 5.75 Å². The summed E-state index contributed by atoms with van der Waals surface area (Å²) in [7, 11) is 3.90. The molecule has 1 fully saturated rings. The van der Waals surface area contributed by atoms with E-state index in [2.05, 4.69) is 45.3 Å². The lowest BCUT2D eigenvalue weighted by Crippen LogP contribution is -2.47. The predicted octanol–water partition coefficient (Wildman–Crippen LogP) is 2.17. The predicted molar refractivity (Wildman–Crippen MR) is 101 cm³/mol. The van der Waals surface area contributed by atoms with Gasteiger partial charge in [0.2, 0.25) is 0 Å². The van der Waals surface area contributed by atoms with Crippen molar-refractivity contribution in [1.29, 1.82) is 0 Å². The third-order valence-electron chi connectivity index (χ3n) is 4.83. The van der Waals surface area contributed by atoms with Gasteiger partial charge < -0.3 is 15.0 Å². The monoisotopic (exact) mass is 340 g/mol. The van der Waals surface area contributed by atoms with E-state index in [4.69, 9.17) is 4.74 Å². The summed E-state index contributed by atoms with van der Waals surface area (Å²) in [5.74, 6) is 0.898. The van der Waals surface area contributed by atoms with E-state index in [1.54, 1.807) is 7.11 Å². The summed E-state index contributed by atoms with van der Waals surface area (Å²) >= 11 is 0. The third-order valence-corrected chi connectivity index (χ3v) is 4.83. The fourth-order valence-electron chi connectivity index (χ4n) is 3.16. The van der Waals surface area contributed by atoms with Gasteiger partial charge in [-0.3, -0.25) is 9.88 Å². The van der Waals surface area contributed by atoms with Crippen LogP contribution in [-0.2, 0) is 6.54 Å². The van der Waals surface area contributed by atoms with Crippen molar-refractivity contribution in [2.45, 2.75) is 12.6 Å². The highest BCUT2D eigenvalue weighted by Crippen LogP contribution is 2.20. The molecule has 3 rings (SSSR count).